The minimum absolute atomic E-state index is 0. The van der Waals surface area contributed by atoms with Crippen LogP contribution in [0.5, 0.6) is 0 Å². The number of para-hydroxylation sites is 4. The molecule has 310 valence electrons. The molecular weight excluding hydrogens is 966 g/mol. The van der Waals surface area contributed by atoms with E-state index in [1.54, 1.807) is 0 Å². The smallest absolute Gasteiger partial charge is 0.481 e. The van der Waals surface area contributed by atoms with Gasteiger partial charge in [-0.2, -0.15) is 18.2 Å². The van der Waals surface area contributed by atoms with Gasteiger partial charge in [0.25, 0.3) is 0 Å². The van der Waals surface area contributed by atoms with Crippen LogP contribution in [-0.2, 0) is 26.5 Å². The van der Waals surface area contributed by atoms with Gasteiger partial charge < -0.3 is 26.1 Å². The fraction of sp³-hybridized carbons (Fsp3) is 0.0702. The zero-order valence-electron chi connectivity index (χ0n) is 35.5. The summed E-state index contributed by atoms with van der Waals surface area (Å²) < 4.78 is 42.7. The van der Waals surface area contributed by atoms with Crippen molar-refractivity contribution in [2.45, 2.75) is 26.2 Å². The summed E-state index contributed by atoms with van der Waals surface area (Å²) in [5.41, 5.74) is 9.10. The average Bonchev–Trinajstić information content (AvgIpc) is 3.87. The first kappa shape index (κ1) is 41.0. The summed E-state index contributed by atoms with van der Waals surface area (Å²) in [4.78, 5) is 4.35. The molecule has 0 spiro atoms. The number of hydrogen-bond donors (Lipinski definition) is 0. The number of halogens is 2. The van der Waals surface area contributed by atoms with Gasteiger partial charge >= 0.3 is 21.1 Å². The van der Waals surface area contributed by atoms with E-state index in [-0.39, 0.29) is 45.5 Å². The van der Waals surface area contributed by atoms with Gasteiger partial charge in [0.1, 0.15) is 22.8 Å². The molecule has 0 fully saturated rings. The molecule has 0 aliphatic carbocycles. The molecule has 0 N–H and O–H groups in total. The molecule has 0 amide bonds. The van der Waals surface area contributed by atoms with Gasteiger partial charge in [0, 0.05) is 44.1 Å². The average molecular weight is 1010 g/mol. The predicted octanol–water partition coefficient (Wildman–Crippen LogP) is 17.1. The molecule has 0 atom stereocenters. The second kappa shape index (κ2) is 15.4. The Balaban J connectivity index is 0.00000242. The number of anilines is 6. The SMILES string of the molecule is CC(C)(C)c1cccc2c1oc1c(N(c3ccc(F)cc3)c3ccc4ccc5c(N(c6ccc(F)cc6)c6cccc7c6oc6[c-]cccc67)ccc6ccc3c4c65)cccc12.[CH3-].[W+2]. The Morgan fingerprint density at radius 3 is 1.42 bits per heavy atom. The Hall–Kier alpha value is -7.01. The van der Waals surface area contributed by atoms with E-state index < -0.39 is 0 Å². The molecule has 12 rings (SSSR count). The number of rotatable bonds is 6. The minimum atomic E-state index is -0.313. The molecule has 7 heteroatoms. The van der Waals surface area contributed by atoms with Crippen molar-refractivity contribution in [3.05, 3.63) is 201 Å². The van der Waals surface area contributed by atoms with Crippen molar-refractivity contribution in [3.63, 3.8) is 0 Å². The molecule has 10 aromatic carbocycles. The van der Waals surface area contributed by atoms with E-state index >= 15 is 0 Å². The van der Waals surface area contributed by atoms with Gasteiger partial charge in [0.05, 0.1) is 22.7 Å². The van der Waals surface area contributed by atoms with E-state index in [1.165, 1.54) is 24.3 Å². The number of benzene rings is 10. The van der Waals surface area contributed by atoms with Gasteiger partial charge in [0.15, 0.2) is 5.58 Å². The van der Waals surface area contributed by atoms with E-state index in [9.17, 15) is 8.78 Å². The molecule has 12 aromatic rings. The maximum absolute atomic E-state index is 14.7. The van der Waals surface area contributed by atoms with Crippen LogP contribution in [0.4, 0.5) is 42.9 Å². The van der Waals surface area contributed by atoms with Crippen LogP contribution in [0.3, 0.4) is 0 Å². The zero-order chi connectivity index (χ0) is 41.9. The topological polar surface area (TPSA) is 32.8 Å². The second-order valence-electron chi connectivity index (χ2n) is 17.1. The van der Waals surface area contributed by atoms with Crippen molar-refractivity contribution in [2.75, 3.05) is 9.80 Å². The molecule has 0 aliphatic rings. The van der Waals surface area contributed by atoms with Crippen molar-refractivity contribution in [2.24, 2.45) is 0 Å². The molecule has 0 saturated heterocycles. The molecule has 2 heterocycles. The third-order valence-corrected chi connectivity index (χ3v) is 12.4. The zero-order valence-corrected chi connectivity index (χ0v) is 38.5. The van der Waals surface area contributed by atoms with Crippen molar-refractivity contribution < 1.29 is 38.7 Å². The van der Waals surface area contributed by atoms with Gasteiger partial charge in [-0.05, 0) is 105 Å². The normalized spacial score (nSPS) is 11.9. The van der Waals surface area contributed by atoms with Crippen LogP contribution >= 0.6 is 0 Å². The number of hydrogen-bond acceptors (Lipinski definition) is 4. The summed E-state index contributed by atoms with van der Waals surface area (Å²) >= 11 is 0. The van der Waals surface area contributed by atoms with Crippen LogP contribution in [0.15, 0.2) is 179 Å². The Bertz CT molecular complexity index is 3720. The number of nitrogens with zero attached hydrogens (tertiary/aromatic N) is 2. The minimum Gasteiger partial charge on any atom is -0.481 e. The van der Waals surface area contributed by atoms with Crippen LogP contribution in [0.2, 0.25) is 0 Å². The maximum atomic E-state index is 14.7. The van der Waals surface area contributed by atoms with Gasteiger partial charge in [-0.3, -0.25) is 0 Å². The summed E-state index contributed by atoms with van der Waals surface area (Å²) in [5, 5.41) is 10.4. The Morgan fingerprint density at radius 2 is 0.891 bits per heavy atom. The predicted molar refractivity (Wildman–Crippen MR) is 258 cm³/mol. The Morgan fingerprint density at radius 1 is 0.438 bits per heavy atom. The molecule has 0 saturated carbocycles. The van der Waals surface area contributed by atoms with Crippen LogP contribution in [0.25, 0.3) is 76.2 Å². The Kier molecular flexibility index (Phi) is 9.85. The second-order valence-corrected chi connectivity index (χ2v) is 17.1. The standard InChI is InChI=1S/C56H37F2N2O2.CH3.W/c1-56(2,3)45-13-6-10-41-42-12-8-15-49(55(42)62-53(41)45)60(38-27-23-36(58)24-28-38)47-32-20-34-17-29-43-46(31-19-33-18-30-44(47)52(34)51(33)43)59(37-25-21-35(57)22-26-37)48-14-7-11-40-39-9-4-5-16-50(39)61-54(40)48;;/h4-15,17-32H,1-3H3;1H3;/q2*-1;+2. The number of fused-ring (bicyclic) bond motifs is 6. The maximum Gasteiger partial charge on any atom is 2.00 e. The first-order chi connectivity index (χ1) is 30.2. The van der Waals surface area contributed by atoms with E-state index in [1.807, 2.05) is 54.6 Å². The van der Waals surface area contributed by atoms with E-state index in [2.05, 4.69) is 128 Å². The summed E-state index contributed by atoms with van der Waals surface area (Å²) in [6.45, 7) is 6.61. The van der Waals surface area contributed by atoms with Crippen molar-refractivity contribution in [1.82, 2.24) is 0 Å². The van der Waals surface area contributed by atoms with E-state index in [4.69, 9.17) is 8.83 Å². The molecule has 0 radical (unpaired) electrons. The fourth-order valence-corrected chi connectivity index (χ4v) is 9.57. The Labute approximate surface area is 383 Å². The van der Waals surface area contributed by atoms with E-state index in [0.29, 0.717) is 11.2 Å². The van der Waals surface area contributed by atoms with Crippen LogP contribution < -0.4 is 9.80 Å². The quantitative estimate of drug-likeness (QED) is 0.123. The molecular formula is C57H40F2N2O2W. The summed E-state index contributed by atoms with van der Waals surface area (Å²) in [6.07, 6.45) is 0. The first-order valence-electron chi connectivity index (χ1n) is 20.8. The monoisotopic (exact) mass is 1010 g/mol. The van der Waals surface area contributed by atoms with Crippen molar-refractivity contribution in [3.8, 4) is 0 Å². The van der Waals surface area contributed by atoms with Gasteiger partial charge in [-0.15, -0.1) is 6.07 Å². The summed E-state index contributed by atoms with van der Waals surface area (Å²) in [7, 11) is 0. The third kappa shape index (κ3) is 6.26. The first-order valence-corrected chi connectivity index (χ1v) is 20.8. The fourth-order valence-electron chi connectivity index (χ4n) is 9.57. The molecule has 64 heavy (non-hydrogen) atoms. The largest absolute Gasteiger partial charge is 2.00 e. The van der Waals surface area contributed by atoms with Crippen LogP contribution in [0.1, 0.15) is 26.3 Å². The molecule has 0 bridgehead atoms. The van der Waals surface area contributed by atoms with Crippen molar-refractivity contribution in [1.29, 1.82) is 0 Å². The van der Waals surface area contributed by atoms with E-state index in [0.717, 1.165) is 105 Å². The van der Waals surface area contributed by atoms with Gasteiger partial charge in [0.2, 0.25) is 0 Å². The molecule has 0 unspecified atom stereocenters. The summed E-state index contributed by atoms with van der Waals surface area (Å²) in [5.74, 6) is -0.623. The molecule has 0 aliphatic heterocycles. The molecule has 4 nitrogen and oxygen atoms in total. The van der Waals surface area contributed by atoms with Gasteiger partial charge in [-0.1, -0.05) is 105 Å². The van der Waals surface area contributed by atoms with Crippen molar-refractivity contribution >= 4 is 110 Å². The third-order valence-electron chi connectivity index (χ3n) is 12.4. The molecule has 2 aromatic heterocycles. The van der Waals surface area contributed by atoms with Gasteiger partial charge in [-0.25, -0.2) is 8.78 Å². The van der Waals surface area contributed by atoms with Crippen LogP contribution in [-0.4, -0.2) is 0 Å². The van der Waals surface area contributed by atoms with Crippen LogP contribution in [0, 0.1) is 25.1 Å². The summed E-state index contributed by atoms with van der Waals surface area (Å²) in [6, 6.07) is 58.5. The number of furan rings is 2.